The molecule has 1 aromatic carbocycles. The third-order valence-corrected chi connectivity index (χ3v) is 4.44. The van der Waals surface area contributed by atoms with Gasteiger partial charge < -0.3 is 10.2 Å². The minimum Gasteiger partial charge on any atom is -0.306 e. The van der Waals surface area contributed by atoms with E-state index in [9.17, 15) is 4.79 Å². The molecule has 1 amide bonds. The van der Waals surface area contributed by atoms with Crippen LogP contribution in [-0.2, 0) is 0 Å². The van der Waals surface area contributed by atoms with Crippen LogP contribution in [0.4, 0.5) is 5.82 Å². The van der Waals surface area contributed by atoms with Gasteiger partial charge in [-0.3, -0.25) is 4.79 Å². The number of nitrogens with zero attached hydrogens (tertiary/aromatic N) is 2. The molecule has 1 N–H and O–H groups in total. The molecule has 2 aromatic rings. The minimum absolute atomic E-state index is 0.253. The molecule has 3 rings (SSSR count). The highest BCUT2D eigenvalue weighted by atomic mass is 35.5. The van der Waals surface area contributed by atoms with E-state index in [0.29, 0.717) is 16.4 Å². The highest BCUT2D eigenvalue weighted by Gasteiger charge is 2.12. The molecule has 5 heteroatoms. The maximum atomic E-state index is 12.3. The zero-order valence-corrected chi connectivity index (χ0v) is 14.4. The number of rotatable bonds is 3. The predicted octanol–water partition coefficient (Wildman–Crippen LogP) is 4.10. The molecular weight excluding hydrogens is 322 g/mol. The van der Waals surface area contributed by atoms with E-state index in [-0.39, 0.29) is 5.91 Å². The standard InChI is InChI=1S/C19H20ClN3O/c1-23-11-9-14(10-12-23)13-15-5-4-8-18(21-15)22-19(24)16-6-2-3-7-17(16)20/h2-8,13H,9-12H2,1H3,(H,21,22,24). The third-order valence-electron chi connectivity index (χ3n) is 4.11. The summed E-state index contributed by atoms with van der Waals surface area (Å²) in [7, 11) is 2.14. The topological polar surface area (TPSA) is 45.2 Å². The van der Waals surface area contributed by atoms with Crippen LogP contribution in [0.2, 0.25) is 5.02 Å². The number of benzene rings is 1. The van der Waals surface area contributed by atoms with Gasteiger partial charge >= 0.3 is 0 Å². The van der Waals surface area contributed by atoms with Crippen molar-refractivity contribution in [1.29, 1.82) is 0 Å². The van der Waals surface area contributed by atoms with Gasteiger partial charge in [0.25, 0.3) is 5.91 Å². The third kappa shape index (κ3) is 4.22. The van der Waals surface area contributed by atoms with Crippen molar-refractivity contribution in [2.75, 3.05) is 25.5 Å². The van der Waals surface area contributed by atoms with E-state index in [1.54, 1.807) is 30.3 Å². The van der Waals surface area contributed by atoms with Crippen molar-refractivity contribution in [2.45, 2.75) is 12.8 Å². The zero-order chi connectivity index (χ0) is 16.9. The summed E-state index contributed by atoms with van der Waals surface area (Å²) in [5.74, 6) is 0.277. The number of carbonyl (C=O) groups is 1. The summed E-state index contributed by atoms with van der Waals surface area (Å²) < 4.78 is 0. The molecule has 24 heavy (non-hydrogen) atoms. The lowest BCUT2D eigenvalue weighted by molar-refractivity contribution is 0.102. The van der Waals surface area contributed by atoms with Gasteiger partial charge in [-0.05, 0) is 50.2 Å². The number of anilines is 1. The Morgan fingerprint density at radius 3 is 2.67 bits per heavy atom. The SMILES string of the molecule is CN1CCC(=Cc2cccc(NC(=O)c3ccccc3Cl)n2)CC1. The fourth-order valence-electron chi connectivity index (χ4n) is 2.69. The Morgan fingerprint density at radius 2 is 1.92 bits per heavy atom. The number of hydrogen-bond acceptors (Lipinski definition) is 3. The summed E-state index contributed by atoms with van der Waals surface area (Å²) in [6.07, 6.45) is 4.25. The van der Waals surface area contributed by atoms with E-state index in [1.165, 1.54) is 5.57 Å². The van der Waals surface area contributed by atoms with Crippen molar-refractivity contribution in [3.63, 3.8) is 0 Å². The van der Waals surface area contributed by atoms with Crippen LogP contribution in [0.1, 0.15) is 28.9 Å². The van der Waals surface area contributed by atoms with Gasteiger partial charge in [-0.25, -0.2) is 4.98 Å². The lowest BCUT2D eigenvalue weighted by Gasteiger charge is -2.23. The second kappa shape index (κ2) is 7.60. The van der Waals surface area contributed by atoms with E-state index < -0.39 is 0 Å². The second-order valence-corrected chi connectivity index (χ2v) is 6.39. The minimum atomic E-state index is -0.253. The van der Waals surface area contributed by atoms with Crippen molar-refractivity contribution >= 4 is 29.4 Å². The monoisotopic (exact) mass is 341 g/mol. The lowest BCUT2D eigenvalue weighted by atomic mass is 10.0. The van der Waals surface area contributed by atoms with Gasteiger partial charge in [0.15, 0.2) is 0 Å². The summed E-state index contributed by atoms with van der Waals surface area (Å²) in [6, 6.07) is 12.6. The Morgan fingerprint density at radius 1 is 1.17 bits per heavy atom. The normalized spacial score (nSPS) is 15.2. The lowest BCUT2D eigenvalue weighted by Crippen LogP contribution is -2.26. The first-order chi connectivity index (χ1) is 11.6. The van der Waals surface area contributed by atoms with Crippen LogP contribution in [0.25, 0.3) is 6.08 Å². The van der Waals surface area contributed by atoms with Crippen molar-refractivity contribution in [3.8, 4) is 0 Å². The number of hydrogen-bond donors (Lipinski definition) is 1. The Kier molecular flexibility index (Phi) is 5.28. The van der Waals surface area contributed by atoms with E-state index in [0.717, 1.165) is 31.6 Å². The molecule has 1 saturated heterocycles. The Hall–Kier alpha value is -2.17. The van der Waals surface area contributed by atoms with Crippen molar-refractivity contribution < 1.29 is 4.79 Å². The Labute approximate surface area is 147 Å². The van der Waals surface area contributed by atoms with Crippen LogP contribution in [0.15, 0.2) is 48.0 Å². The second-order valence-electron chi connectivity index (χ2n) is 5.99. The summed E-state index contributed by atoms with van der Waals surface area (Å²) in [5, 5.41) is 3.24. The highest BCUT2D eigenvalue weighted by Crippen LogP contribution is 2.19. The number of likely N-dealkylation sites (tertiary alicyclic amines) is 1. The summed E-state index contributed by atoms with van der Waals surface area (Å²) in [4.78, 5) is 19.2. The number of halogens is 1. The van der Waals surface area contributed by atoms with Gasteiger partial charge in [0, 0.05) is 13.1 Å². The first kappa shape index (κ1) is 16.7. The molecule has 1 aliphatic rings. The number of nitrogens with one attached hydrogen (secondary N) is 1. The van der Waals surface area contributed by atoms with Gasteiger partial charge in [-0.1, -0.05) is 35.4 Å². The number of piperidine rings is 1. The number of aromatic nitrogens is 1. The van der Waals surface area contributed by atoms with Crippen LogP contribution in [0.3, 0.4) is 0 Å². The summed E-state index contributed by atoms with van der Waals surface area (Å²) in [6.45, 7) is 2.16. The van der Waals surface area contributed by atoms with Crippen LogP contribution >= 0.6 is 11.6 Å². The molecule has 4 nitrogen and oxygen atoms in total. The van der Waals surface area contributed by atoms with Crippen molar-refractivity contribution in [1.82, 2.24) is 9.88 Å². The average Bonchev–Trinajstić information content (AvgIpc) is 2.58. The van der Waals surface area contributed by atoms with Crippen LogP contribution < -0.4 is 5.32 Å². The summed E-state index contributed by atoms with van der Waals surface area (Å²) >= 11 is 6.06. The molecule has 0 aliphatic carbocycles. The first-order valence-electron chi connectivity index (χ1n) is 8.03. The highest BCUT2D eigenvalue weighted by molar-refractivity contribution is 6.34. The van der Waals surface area contributed by atoms with E-state index >= 15 is 0 Å². The van der Waals surface area contributed by atoms with Crippen molar-refractivity contribution in [2.24, 2.45) is 0 Å². The first-order valence-corrected chi connectivity index (χ1v) is 8.40. The van der Waals surface area contributed by atoms with Crippen LogP contribution in [-0.4, -0.2) is 35.9 Å². The van der Waals surface area contributed by atoms with Crippen LogP contribution in [0, 0.1) is 0 Å². The number of carbonyl (C=O) groups excluding carboxylic acids is 1. The average molecular weight is 342 g/mol. The molecule has 0 spiro atoms. The molecule has 2 heterocycles. The Balaban J connectivity index is 1.73. The number of pyridine rings is 1. The van der Waals surface area contributed by atoms with Gasteiger partial charge in [-0.2, -0.15) is 0 Å². The molecule has 1 fully saturated rings. The zero-order valence-electron chi connectivity index (χ0n) is 13.6. The van der Waals surface area contributed by atoms with E-state index in [4.69, 9.17) is 11.6 Å². The maximum Gasteiger partial charge on any atom is 0.258 e. The molecule has 1 aliphatic heterocycles. The molecule has 0 saturated carbocycles. The molecule has 1 aromatic heterocycles. The molecule has 0 radical (unpaired) electrons. The van der Waals surface area contributed by atoms with Crippen LogP contribution in [0.5, 0.6) is 0 Å². The van der Waals surface area contributed by atoms with Gasteiger partial charge in [0.1, 0.15) is 5.82 Å². The largest absolute Gasteiger partial charge is 0.306 e. The van der Waals surface area contributed by atoms with E-state index in [2.05, 4.69) is 28.3 Å². The molecule has 0 bridgehead atoms. The van der Waals surface area contributed by atoms with Gasteiger partial charge in [0.05, 0.1) is 16.3 Å². The maximum absolute atomic E-state index is 12.3. The molecule has 124 valence electrons. The fourth-order valence-corrected chi connectivity index (χ4v) is 2.91. The predicted molar refractivity (Wildman–Crippen MR) is 98.4 cm³/mol. The molecule has 0 atom stereocenters. The van der Waals surface area contributed by atoms with Gasteiger partial charge in [0.2, 0.25) is 0 Å². The van der Waals surface area contributed by atoms with Gasteiger partial charge in [-0.15, -0.1) is 0 Å². The summed E-state index contributed by atoms with van der Waals surface area (Å²) in [5.41, 5.74) is 2.71. The van der Waals surface area contributed by atoms with E-state index in [1.807, 2.05) is 12.1 Å². The smallest absolute Gasteiger partial charge is 0.258 e. The quantitative estimate of drug-likeness (QED) is 0.914. The molecular formula is C19H20ClN3O. The molecule has 0 unspecified atom stereocenters. The number of amides is 1. The fraction of sp³-hybridized carbons (Fsp3) is 0.263. The van der Waals surface area contributed by atoms with Crippen molar-refractivity contribution in [3.05, 3.63) is 64.3 Å². The Bertz CT molecular complexity index is 763.